The number of hydrogen-bond donors (Lipinski definition) is 0. The second-order valence-electron chi connectivity index (χ2n) is 4.12. The average molecular weight is 237 g/mol. The number of anilines is 1. The first-order valence-corrected chi connectivity index (χ1v) is 5.99. The average Bonchev–Trinajstić information content (AvgIpc) is 2.30. The summed E-state index contributed by atoms with van der Waals surface area (Å²) in [6.07, 6.45) is 0. The summed E-state index contributed by atoms with van der Waals surface area (Å²) in [5.74, 6) is 0. The highest BCUT2D eigenvalue weighted by molar-refractivity contribution is 6.29. The topological polar surface area (TPSA) is 6.48 Å². The first-order chi connectivity index (χ1) is 7.75. The number of hydrogen-bond acceptors (Lipinski definition) is 2. The number of nitrogens with zero attached hydrogens (tertiary/aromatic N) is 2. The molecule has 1 heterocycles. The number of rotatable bonds is 3. The van der Waals surface area contributed by atoms with Gasteiger partial charge in [0.2, 0.25) is 0 Å². The second-order valence-corrected chi connectivity index (χ2v) is 4.65. The van der Waals surface area contributed by atoms with E-state index in [1.165, 1.54) is 5.69 Å². The highest BCUT2D eigenvalue weighted by Crippen LogP contribution is 2.16. The molecule has 0 N–H and O–H groups in total. The van der Waals surface area contributed by atoms with Gasteiger partial charge in [-0.3, -0.25) is 4.90 Å². The summed E-state index contributed by atoms with van der Waals surface area (Å²) in [6, 6.07) is 10.5. The van der Waals surface area contributed by atoms with Crippen molar-refractivity contribution >= 4 is 17.3 Å². The zero-order valence-corrected chi connectivity index (χ0v) is 10.2. The van der Waals surface area contributed by atoms with Crippen LogP contribution in [0.25, 0.3) is 0 Å². The van der Waals surface area contributed by atoms with Crippen LogP contribution in [-0.2, 0) is 0 Å². The Hall–Kier alpha value is -0.990. The highest BCUT2D eigenvalue weighted by Gasteiger charge is 2.16. The third kappa shape index (κ3) is 3.00. The lowest BCUT2D eigenvalue weighted by Crippen LogP contribution is -2.46. The first-order valence-electron chi connectivity index (χ1n) is 5.61. The van der Waals surface area contributed by atoms with Crippen LogP contribution in [0.3, 0.4) is 0 Å². The van der Waals surface area contributed by atoms with Gasteiger partial charge in [-0.2, -0.15) is 0 Å². The van der Waals surface area contributed by atoms with Gasteiger partial charge in [0.1, 0.15) is 0 Å². The smallest absolute Gasteiger partial charge is 0.0367 e. The maximum absolute atomic E-state index is 5.81. The van der Waals surface area contributed by atoms with Crippen LogP contribution in [0.2, 0.25) is 0 Å². The van der Waals surface area contributed by atoms with Crippen molar-refractivity contribution in [1.29, 1.82) is 0 Å². The van der Waals surface area contributed by atoms with Crippen molar-refractivity contribution in [1.82, 2.24) is 4.90 Å². The molecule has 0 atom stereocenters. The molecule has 0 amide bonds. The van der Waals surface area contributed by atoms with E-state index < -0.39 is 0 Å². The van der Waals surface area contributed by atoms with Crippen LogP contribution in [-0.4, -0.2) is 37.6 Å². The summed E-state index contributed by atoms with van der Waals surface area (Å²) in [4.78, 5) is 4.75. The van der Waals surface area contributed by atoms with Gasteiger partial charge >= 0.3 is 0 Å². The fraction of sp³-hybridized carbons (Fsp3) is 0.385. The van der Waals surface area contributed by atoms with Crippen LogP contribution in [0.15, 0.2) is 41.9 Å². The molecule has 0 unspecified atom stereocenters. The van der Waals surface area contributed by atoms with E-state index >= 15 is 0 Å². The summed E-state index contributed by atoms with van der Waals surface area (Å²) in [5.41, 5.74) is 1.31. The molecule has 1 aromatic rings. The van der Waals surface area contributed by atoms with E-state index in [-0.39, 0.29) is 0 Å². The van der Waals surface area contributed by atoms with E-state index in [1.54, 1.807) is 0 Å². The zero-order chi connectivity index (χ0) is 11.4. The molecule has 1 aromatic carbocycles. The molecule has 1 aliphatic heterocycles. The molecule has 0 aromatic heterocycles. The van der Waals surface area contributed by atoms with Gasteiger partial charge < -0.3 is 4.90 Å². The van der Waals surface area contributed by atoms with Crippen LogP contribution in [0.4, 0.5) is 5.69 Å². The molecule has 3 heteroatoms. The lowest BCUT2D eigenvalue weighted by molar-refractivity contribution is 0.282. The third-order valence-electron chi connectivity index (χ3n) is 2.89. The van der Waals surface area contributed by atoms with Crippen molar-refractivity contribution in [2.75, 3.05) is 37.6 Å². The minimum atomic E-state index is 0.730. The van der Waals surface area contributed by atoms with Gasteiger partial charge in [0.25, 0.3) is 0 Å². The number of benzene rings is 1. The van der Waals surface area contributed by atoms with Crippen LogP contribution >= 0.6 is 11.6 Å². The van der Waals surface area contributed by atoms with E-state index in [0.717, 1.165) is 37.8 Å². The fourth-order valence-corrected chi connectivity index (χ4v) is 2.21. The molecule has 1 saturated heterocycles. The summed E-state index contributed by atoms with van der Waals surface area (Å²) < 4.78 is 0. The van der Waals surface area contributed by atoms with Crippen molar-refractivity contribution in [2.45, 2.75) is 0 Å². The molecular weight excluding hydrogens is 220 g/mol. The number of piperazine rings is 1. The molecule has 2 nitrogen and oxygen atoms in total. The monoisotopic (exact) mass is 236 g/mol. The largest absolute Gasteiger partial charge is 0.369 e. The molecule has 1 fully saturated rings. The first kappa shape index (κ1) is 11.5. The Morgan fingerprint density at radius 1 is 1.12 bits per heavy atom. The van der Waals surface area contributed by atoms with E-state index in [0.29, 0.717) is 0 Å². The number of para-hydroxylation sites is 1. The Bertz CT molecular complexity index is 342. The molecule has 2 rings (SSSR count). The minimum absolute atomic E-state index is 0.730. The molecule has 16 heavy (non-hydrogen) atoms. The van der Waals surface area contributed by atoms with Crippen molar-refractivity contribution in [3.8, 4) is 0 Å². The van der Waals surface area contributed by atoms with Crippen LogP contribution in [0, 0.1) is 0 Å². The van der Waals surface area contributed by atoms with Crippen molar-refractivity contribution < 1.29 is 0 Å². The standard InChI is InChI=1S/C13H17ClN2/c1-12(14)11-15-7-9-16(10-8-15)13-5-3-2-4-6-13/h2-6H,1,7-11H2. The maximum Gasteiger partial charge on any atom is 0.0367 e. The zero-order valence-electron chi connectivity index (χ0n) is 9.40. The van der Waals surface area contributed by atoms with Gasteiger partial charge in [0.05, 0.1) is 0 Å². The highest BCUT2D eigenvalue weighted by atomic mass is 35.5. The molecule has 0 radical (unpaired) electrons. The van der Waals surface area contributed by atoms with E-state index in [2.05, 4.69) is 46.7 Å². The van der Waals surface area contributed by atoms with Gasteiger partial charge in [-0.15, -0.1) is 0 Å². The molecule has 1 aliphatic rings. The van der Waals surface area contributed by atoms with Crippen molar-refractivity contribution in [2.24, 2.45) is 0 Å². The van der Waals surface area contributed by atoms with Crippen LogP contribution in [0.1, 0.15) is 0 Å². The Morgan fingerprint density at radius 3 is 2.31 bits per heavy atom. The molecule has 86 valence electrons. The normalized spacial score (nSPS) is 17.4. The van der Waals surface area contributed by atoms with Gasteiger partial charge in [-0.25, -0.2) is 0 Å². The fourth-order valence-electron chi connectivity index (χ4n) is 2.05. The quantitative estimate of drug-likeness (QED) is 0.796. The van der Waals surface area contributed by atoms with E-state index in [1.807, 2.05) is 0 Å². The third-order valence-corrected chi connectivity index (χ3v) is 3.01. The van der Waals surface area contributed by atoms with Crippen LogP contribution < -0.4 is 4.90 Å². The Balaban J connectivity index is 1.88. The number of halogens is 1. The van der Waals surface area contributed by atoms with E-state index in [9.17, 15) is 0 Å². The summed E-state index contributed by atoms with van der Waals surface area (Å²) >= 11 is 5.81. The lowest BCUT2D eigenvalue weighted by Gasteiger charge is -2.35. The minimum Gasteiger partial charge on any atom is -0.369 e. The molecular formula is C13H17ClN2. The molecule has 0 aliphatic carbocycles. The van der Waals surface area contributed by atoms with Gasteiger partial charge in [0, 0.05) is 43.4 Å². The predicted octanol–water partition coefficient (Wildman–Crippen LogP) is 2.56. The SMILES string of the molecule is C=C(Cl)CN1CCN(c2ccccc2)CC1. The molecule has 0 saturated carbocycles. The van der Waals surface area contributed by atoms with Gasteiger partial charge in [0.15, 0.2) is 0 Å². The summed E-state index contributed by atoms with van der Waals surface area (Å²) in [6.45, 7) is 8.79. The van der Waals surface area contributed by atoms with Crippen molar-refractivity contribution in [3.63, 3.8) is 0 Å². The summed E-state index contributed by atoms with van der Waals surface area (Å²) in [7, 11) is 0. The molecule has 0 bridgehead atoms. The molecule has 0 spiro atoms. The van der Waals surface area contributed by atoms with Crippen molar-refractivity contribution in [3.05, 3.63) is 41.9 Å². The predicted molar refractivity (Wildman–Crippen MR) is 70.1 cm³/mol. The lowest BCUT2D eigenvalue weighted by atomic mass is 10.2. The summed E-state index contributed by atoms with van der Waals surface area (Å²) in [5, 5.41) is 0.730. The van der Waals surface area contributed by atoms with Gasteiger partial charge in [-0.05, 0) is 12.1 Å². The van der Waals surface area contributed by atoms with Crippen LogP contribution in [0.5, 0.6) is 0 Å². The van der Waals surface area contributed by atoms with Gasteiger partial charge in [-0.1, -0.05) is 36.4 Å². The van der Waals surface area contributed by atoms with E-state index in [4.69, 9.17) is 11.6 Å². The Morgan fingerprint density at radius 2 is 1.75 bits per heavy atom. The maximum atomic E-state index is 5.81. The Kier molecular flexibility index (Phi) is 3.86. The Labute approximate surface area is 102 Å². The second kappa shape index (κ2) is 5.37.